The third-order valence-electron chi connectivity index (χ3n) is 3.58. The van der Waals surface area contributed by atoms with E-state index in [0.717, 1.165) is 23.8 Å². The van der Waals surface area contributed by atoms with Crippen LogP contribution in [0.1, 0.15) is 28.3 Å². The van der Waals surface area contributed by atoms with Gasteiger partial charge in [0.15, 0.2) is 0 Å². The summed E-state index contributed by atoms with van der Waals surface area (Å²) >= 11 is 0. The van der Waals surface area contributed by atoms with E-state index in [0.29, 0.717) is 0 Å². The van der Waals surface area contributed by atoms with Crippen LogP contribution < -0.4 is 4.90 Å². The van der Waals surface area contributed by atoms with Gasteiger partial charge in [-0.3, -0.25) is 0 Å². The number of aromatic nitrogens is 2. The van der Waals surface area contributed by atoms with Gasteiger partial charge in [0.05, 0.1) is 6.54 Å². The highest BCUT2D eigenvalue weighted by Crippen LogP contribution is 2.19. The Bertz CT molecular complexity index is 567. The van der Waals surface area contributed by atoms with Crippen LogP contribution in [0, 0.1) is 27.7 Å². The third kappa shape index (κ3) is 2.92. The van der Waals surface area contributed by atoms with Gasteiger partial charge in [0.25, 0.3) is 0 Å². The van der Waals surface area contributed by atoms with E-state index < -0.39 is 0 Å². The number of benzene rings is 1. The first-order valence-electron chi connectivity index (χ1n) is 6.56. The summed E-state index contributed by atoms with van der Waals surface area (Å²) in [7, 11) is 2.08. The molecule has 0 radical (unpaired) electrons. The molecule has 0 saturated heterocycles. The molecular weight excluding hydrogens is 234 g/mol. The molecule has 3 heteroatoms. The second-order valence-corrected chi connectivity index (χ2v) is 5.08. The molecule has 0 bridgehead atoms. The standard InChI is InChI=1S/C16H21N3/c1-11-8-6-7-9-15(11)19(5)10-16-17-13(3)12(2)14(4)18-16/h6-9H,10H2,1-5H3. The van der Waals surface area contributed by atoms with Gasteiger partial charge >= 0.3 is 0 Å². The Morgan fingerprint density at radius 3 is 2.11 bits per heavy atom. The molecule has 19 heavy (non-hydrogen) atoms. The lowest BCUT2D eigenvalue weighted by Crippen LogP contribution is -2.20. The maximum atomic E-state index is 4.58. The molecular formula is C16H21N3. The zero-order valence-electron chi connectivity index (χ0n) is 12.4. The molecule has 3 nitrogen and oxygen atoms in total. The van der Waals surface area contributed by atoms with Gasteiger partial charge in [-0.15, -0.1) is 0 Å². The molecule has 2 aromatic rings. The Balaban J connectivity index is 2.24. The van der Waals surface area contributed by atoms with Gasteiger partial charge in [-0.25, -0.2) is 9.97 Å². The van der Waals surface area contributed by atoms with Crippen molar-refractivity contribution in [1.82, 2.24) is 9.97 Å². The van der Waals surface area contributed by atoms with Gasteiger partial charge in [0, 0.05) is 24.1 Å². The van der Waals surface area contributed by atoms with Crippen molar-refractivity contribution in [2.24, 2.45) is 0 Å². The van der Waals surface area contributed by atoms with E-state index in [1.54, 1.807) is 0 Å². The van der Waals surface area contributed by atoms with Crippen molar-refractivity contribution >= 4 is 5.69 Å². The molecule has 0 aliphatic carbocycles. The lowest BCUT2D eigenvalue weighted by atomic mass is 10.2. The molecule has 1 aromatic heterocycles. The van der Waals surface area contributed by atoms with E-state index in [4.69, 9.17) is 0 Å². The first-order valence-corrected chi connectivity index (χ1v) is 6.56. The summed E-state index contributed by atoms with van der Waals surface area (Å²) in [6.07, 6.45) is 0. The van der Waals surface area contributed by atoms with Gasteiger partial charge < -0.3 is 4.90 Å². The Labute approximate surface area is 115 Å². The predicted octanol–water partition coefficient (Wildman–Crippen LogP) is 3.35. The van der Waals surface area contributed by atoms with Crippen LogP contribution >= 0.6 is 0 Å². The first-order chi connectivity index (χ1) is 8.99. The van der Waals surface area contributed by atoms with Crippen LogP contribution in [0.3, 0.4) is 0 Å². The first kappa shape index (κ1) is 13.5. The second-order valence-electron chi connectivity index (χ2n) is 5.08. The Morgan fingerprint density at radius 2 is 1.53 bits per heavy atom. The molecule has 0 aliphatic rings. The fourth-order valence-corrected chi connectivity index (χ4v) is 2.20. The normalized spacial score (nSPS) is 10.6. The van der Waals surface area contributed by atoms with Crippen molar-refractivity contribution < 1.29 is 0 Å². The van der Waals surface area contributed by atoms with E-state index in [2.05, 4.69) is 60.0 Å². The highest BCUT2D eigenvalue weighted by atomic mass is 15.1. The summed E-state index contributed by atoms with van der Waals surface area (Å²) in [6, 6.07) is 8.37. The summed E-state index contributed by atoms with van der Waals surface area (Å²) in [5.74, 6) is 0.881. The van der Waals surface area contributed by atoms with Crippen LogP contribution in [0.2, 0.25) is 0 Å². The average Bonchev–Trinajstić information content (AvgIpc) is 2.36. The molecule has 100 valence electrons. The molecule has 1 aromatic carbocycles. The zero-order valence-corrected chi connectivity index (χ0v) is 12.4. The van der Waals surface area contributed by atoms with Crippen LogP contribution in [-0.4, -0.2) is 17.0 Å². The number of hydrogen-bond acceptors (Lipinski definition) is 3. The summed E-state index contributed by atoms with van der Waals surface area (Å²) in [5, 5.41) is 0. The van der Waals surface area contributed by atoms with Gasteiger partial charge in [-0.1, -0.05) is 18.2 Å². The summed E-state index contributed by atoms with van der Waals surface area (Å²) in [4.78, 5) is 11.3. The fraction of sp³-hybridized carbons (Fsp3) is 0.375. The Kier molecular flexibility index (Phi) is 3.84. The predicted molar refractivity (Wildman–Crippen MR) is 79.5 cm³/mol. The topological polar surface area (TPSA) is 29.0 Å². The van der Waals surface area contributed by atoms with Crippen molar-refractivity contribution in [1.29, 1.82) is 0 Å². The lowest BCUT2D eigenvalue weighted by Gasteiger charge is -2.21. The Hall–Kier alpha value is -1.90. The number of para-hydroxylation sites is 1. The van der Waals surface area contributed by atoms with Gasteiger partial charge in [-0.2, -0.15) is 0 Å². The molecule has 0 spiro atoms. The molecule has 0 amide bonds. The maximum Gasteiger partial charge on any atom is 0.148 e. The Morgan fingerprint density at radius 1 is 0.947 bits per heavy atom. The van der Waals surface area contributed by atoms with Crippen molar-refractivity contribution in [3.63, 3.8) is 0 Å². The van der Waals surface area contributed by atoms with Gasteiger partial charge in [-0.05, 0) is 44.9 Å². The van der Waals surface area contributed by atoms with Crippen LogP contribution in [0.25, 0.3) is 0 Å². The molecule has 0 saturated carbocycles. The van der Waals surface area contributed by atoms with Crippen LogP contribution in [-0.2, 0) is 6.54 Å². The molecule has 0 fully saturated rings. The maximum absolute atomic E-state index is 4.58. The van der Waals surface area contributed by atoms with Crippen molar-refractivity contribution in [2.45, 2.75) is 34.2 Å². The van der Waals surface area contributed by atoms with Crippen LogP contribution in [0.5, 0.6) is 0 Å². The van der Waals surface area contributed by atoms with Crippen molar-refractivity contribution in [2.75, 3.05) is 11.9 Å². The van der Waals surface area contributed by atoms with Gasteiger partial charge in [0.1, 0.15) is 5.82 Å². The van der Waals surface area contributed by atoms with E-state index in [1.807, 2.05) is 13.8 Å². The summed E-state index contributed by atoms with van der Waals surface area (Å²) in [5.41, 5.74) is 5.82. The number of anilines is 1. The minimum absolute atomic E-state index is 0.729. The van der Waals surface area contributed by atoms with E-state index in [1.165, 1.54) is 16.8 Å². The second kappa shape index (κ2) is 5.39. The fourth-order valence-electron chi connectivity index (χ4n) is 2.20. The largest absolute Gasteiger partial charge is 0.367 e. The van der Waals surface area contributed by atoms with E-state index in [-0.39, 0.29) is 0 Å². The molecule has 1 heterocycles. The molecule has 2 rings (SSSR count). The van der Waals surface area contributed by atoms with E-state index >= 15 is 0 Å². The highest BCUT2D eigenvalue weighted by molar-refractivity contribution is 5.52. The van der Waals surface area contributed by atoms with Crippen LogP contribution in [0.15, 0.2) is 24.3 Å². The van der Waals surface area contributed by atoms with E-state index in [9.17, 15) is 0 Å². The smallest absolute Gasteiger partial charge is 0.148 e. The molecule has 0 unspecified atom stereocenters. The average molecular weight is 255 g/mol. The quantitative estimate of drug-likeness (QED) is 0.842. The summed E-state index contributed by atoms with van der Waals surface area (Å²) in [6.45, 7) is 9.01. The van der Waals surface area contributed by atoms with Crippen molar-refractivity contribution in [3.8, 4) is 0 Å². The molecule has 0 atom stereocenters. The van der Waals surface area contributed by atoms with Crippen LogP contribution in [0.4, 0.5) is 5.69 Å². The highest BCUT2D eigenvalue weighted by Gasteiger charge is 2.09. The number of nitrogens with zero attached hydrogens (tertiary/aromatic N) is 3. The number of hydrogen-bond donors (Lipinski definition) is 0. The van der Waals surface area contributed by atoms with Gasteiger partial charge in [0.2, 0.25) is 0 Å². The lowest BCUT2D eigenvalue weighted by molar-refractivity contribution is 0.809. The van der Waals surface area contributed by atoms with Crippen molar-refractivity contribution in [3.05, 3.63) is 52.6 Å². The summed E-state index contributed by atoms with van der Waals surface area (Å²) < 4.78 is 0. The molecule has 0 N–H and O–H groups in total. The monoisotopic (exact) mass is 255 g/mol. The minimum atomic E-state index is 0.729. The molecule has 0 aliphatic heterocycles. The number of rotatable bonds is 3. The number of aryl methyl sites for hydroxylation is 3. The SMILES string of the molecule is Cc1ccccc1N(C)Cc1nc(C)c(C)c(C)n1. The zero-order chi connectivity index (χ0) is 14.0. The third-order valence-corrected chi connectivity index (χ3v) is 3.58. The minimum Gasteiger partial charge on any atom is -0.367 e.